The Morgan fingerprint density at radius 2 is 2.24 bits per heavy atom. The summed E-state index contributed by atoms with van der Waals surface area (Å²) < 4.78 is 6.62. The number of carbonyl (C=O) groups is 2. The van der Waals surface area contributed by atoms with Crippen LogP contribution in [0, 0.1) is 0 Å². The average molecular weight is 326 g/mol. The van der Waals surface area contributed by atoms with Crippen molar-refractivity contribution in [1.29, 1.82) is 0 Å². The first-order valence-corrected chi connectivity index (χ1v) is 7.91. The molecule has 1 aromatic heterocycles. The molecule has 0 aliphatic carbocycles. The highest BCUT2D eigenvalue weighted by molar-refractivity contribution is 8.01. The molecule has 0 aliphatic heterocycles. The third-order valence-corrected chi connectivity index (χ3v) is 4.82. The lowest BCUT2D eigenvalue weighted by Gasteiger charge is -2.10. The van der Waals surface area contributed by atoms with Crippen LogP contribution in [0.5, 0.6) is 0 Å². The Hall–Kier alpha value is -1.64. The number of methoxy groups -OCH3 is 1. The van der Waals surface area contributed by atoms with E-state index in [1.165, 1.54) is 30.2 Å². The van der Waals surface area contributed by atoms with Gasteiger partial charge in [0.1, 0.15) is 0 Å². The molecule has 112 valence electrons. The first kappa shape index (κ1) is 15.7. The van der Waals surface area contributed by atoms with Gasteiger partial charge in [-0.1, -0.05) is 23.9 Å². The van der Waals surface area contributed by atoms with Gasteiger partial charge in [0.25, 0.3) is 0 Å². The summed E-state index contributed by atoms with van der Waals surface area (Å²) in [5.74, 6) is -1.16. The van der Waals surface area contributed by atoms with E-state index in [1.54, 1.807) is 0 Å². The fourth-order valence-corrected chi connectivity index (χ4v) is 3.47. The van der Waals surface area contributed by atoms with Gasteiger partial charge in [0.2, 0.25) is 5.91 Å². The number of nitrogens with zero attached hydrogens (tertiary/aromatic N) is 1. The van der Waals surface area contributed by atoms with E-state index in [0.717, 1.165) is 14.6 Å². The molecule has 2 N–H and O–H groups in total. The Bertz CT molecular complexity index is 611. The number of benzene rings is 1. The number of ether oxygens (including phenoxy) is 1. The van der Waals surface area contributed by atoms with Crippen LogP contribution in [0.3, 0.4) is 0 Å². The summed E-state index contributed by atoms with van der Waals surface area (Å²) in [5, 5.41) is 11.3. The van der Waals surface area contributed by atoms with Crippen molar-refractivity contribution in [2.24, 2.45) is 0 Å². The Morgan fingerprint density at radius 3 is 2.90 bits per heavy atom. The smallest absolute Gasteiger partial charge is 0.334 e. The number of carboxylic acids is 1. The lowest BCUT2D eigenvalue weighted by molar-refractivity contribution is -0.148. The Balaban J connectivity index is 1.82. The van der Waals surface area contributed by atoms with Crippen molar-refractivity contribution in [1.82, 2.24) is 10.3 Å². The highest BCUT2D eigenvalue weighted by Crippen LogP contribution is 2.28. The van der Waals surface area contributed by atoms with Gasteiger partial charge in [0.05, 0.1) is 22.5 Å². The van der Waals surface area contributed by atoms with E-state index in [0.29, 0.717) is 0 Å². The number of rotatable bonds is 7. The monoisotopic (exact) mass is 326 g/mol. The first-order chi connectivity index (χ1) is 10.1. The highest BCUT2D eigenvalue weighted by atomic mass is 32.2. The Morgan fingerprint density at radius 1 is 1.48 bits per heavy atom. The maximum absolute atomic E-state index is 11.7. The highest BCUT2D eigenvalue weighted by Gasteiger charge is 2.17. The summed E-state index contributed by atoms with van der Waals surface area (Å²) in [7, 11) is 1.29. The zero-order chi connectivity index (χ0) is 15.2. The molecular weight excluding hydrogens is 312 g/mol. The van der Waals surface area contributed by atoms with Gasteiger partial charge in [0.15, 0.2) is 10.4 Å². The van der Waals surface area contributed by atoms with Crippen LogP contribution in [-0.2, 0) is 14.3 Å². The summed E-state index contributed by atoms with van der Waals surface area (Å²) in [6.07, 6.45) is -1.03. The van der Waals surface area contributed by atoms with Crippen molar-refractivity contribution < 1.29 is 19.4 Å². The predicted molar refractivity (Wildman–Crippen MR) is 81.8 cm³/mol. The fraction of sp³-hybridized carbons (Fsp3) is 0.308. The molecule has 0 aliphatic rings. The normalized spacial score (nSPS) is 12.2. The van der Waals surface area contributed by atoms with Gasteiger partial charge in [-0.25, -0.2) is 9.78 Å². The number of carbonyl (C=O) groups excluding carboxylic acids is 1. The number of amides is 1. The summed E-state index contributed by atoms with van der Waals surface area (Å²) in [6, 6.07) is 7.76. The third kappa shape index (κ3) is 4.42. The molecule has 0 saturated carbocycles. The van der Waals surface area contributed by atoms with Gasteiger partial charge in [0, 0.05) is 7.11 Å². The lowest BCUT2D eigenvalue weighted by atomic mass is 10.3. The standard InChI is InChI=1S/C13H14N2O4S2/c1-19-9(12(17)18)6-14-11(16)7-20-13-15-8-4-2-3-5-10(8)21-13/h2-5,9H,6-7H2,1H3,(H,14,16)(H,17,18). The van der Waals surface area contributed by atoms with E-state index in [4.69, 9.17) is 9.84 Å². The first-order valence-electron chi connectivity index (χ1n) is 6.11. The molecule has 0 saturated heterocycles. The van der Waals surface area contributed by atoms with Crippen molar-refractivity contribution in [3.8, 4) is 0 Å². The molecule has 2 aromatic rings. The molecule has 2 rings (SSSR count). The number of aliphatic carboxylic acids is 1. The minimum atomic E-state index is -1.10. The van der Waals surface area contributed by atoms with Gasteiger partial charge in [-0.3, -0.25) is 4.79 Å². The number of thioether (sulfide) groups is 1. The average Bonchev–Trinajstić information content (AvgIpc) is 2.88. The van der Waals surface area contributed by atoms with Crippen LogP contribution in [0.1, 0.15) is 0 Å². The zero-order valence-electron chi connectivity index (χ0n) is 11.2. The number of carboxylic acid groups (broad SMARTS) is 1. The maximum atomic E-state index is 11.7. The van der Waals surface area contributed by atoms with Crippen molar-refractivity contribution in [3.05, 3.63) is 24.3 Å². The Labute approximate surface area is 129 Å². The van der Waals surface area contributed by atoms with E-state index < -0.39 is 12.1 Å². The second kappa shape index (κ2) is 7.39. The van der Waals surface area contributed by atoms with Crippen molar-refractivity contribution in [2.75, 3.05) is 19.4 Å². The van der Waals surface area contributed by atoms with Crippen molar-refractivity contribution in [2.45, 2.75) is 10.4 Å². The summed E-state index contributed by atoms with van der Waals surface area (Å²) >= 11 is 2.86. The van der Waals surface area contributed by atoms with Crippen LogP contribution >= 0.6 is 23.1 Å². The van der Waals surface area contributed by atoms with Gasteiger partial charge >= 0.3 is 5.97 Å². The van der Waals surface area contributed by atoms with Gasteiger partial charge in [-0.2, -0.15) is 0 Å². The number of fused-ring (bicyclic) bond motifs is 1. The molecule has 1 amide bonds. The molecule has 0 fully saturated rings. The van der Waals surface area contributed by atoms with Gasteiger partial charge in [-0.05, 0) is 12.1 Å². The number of aromatic nitrogens is 1. The van der Waals surface area contributed by atoms with E-state index in [9.17, 15) is 9.59 Å². The Kier molecular flexibility index (Phi) is 5.54. The SMILES string of the molecule is COC(CNC(=O)CSc1nc2ccccc2s1)C(=O)O. The van der Waals surface area contributed by atoms with Crippen LogP contribution < -0.4 is 5.32 Å². The molecule has 6 nitrogen and oxygen atoms in total. The molecule has 21 heavy (non-hydrogen) atoms. The maximum Gasteiger partial charge on any atom is 0.334 e. The van der Waals surface area contributed by atoms with Crippen LogP contribution in [0.2, 0.25) is 0 Å². The minimum absolute atomic E-state index is 0.0505. The number of nitrogens with one attached hydrogen (secondary N) is 1. The van der Waals surface area contributed by atoms with Crippen molar-refractivity contribution >= 4 is 45.2 Å². The summed E-state index contributed by atoms with van der Waals surface area (Å²) in [4.78, 5) is 26.8. The largest absolute Gasteiger partial charge is 0.479 e. The van der Waals surface area contributed by atoms with Gasteiger partial charge in [-0.15, -0.1) is 11.3 Å². The van der Waals surface area contributed by atoms with Crippen LogP contribution in [0.25, 0.3) is 10.2 Å². The third-order valence-electron chi connectivity index (χ3n) is 2.65. The van der Waals surface area contributed by atoms with E-state index in [-0.39, 0.29) is 18.2 Å². The van der Waals surface area contributed by atoms with E-state index >= 15 is 0 Å². The predicted octanol–water partition coefficient (Wildman–Crippen LogP) is 1.60. The molecule has 0 bridgehead atoms. The number of para-hydroxylation sites is 1. The van der Waals surface area contributed by atoms with E-state index in [2.05, 4.69) is 10.3 Å². The summed E-state index contributed by atoms with van der Waals surface area (Å²) in [6.45, 7) is -0.0505. The molecule has 8 heteroatoms. The molecule has 1 atom stereocenters. The second-order valence-corrected chi connectivity index (χ2v) is 6.36. The van der Waals surface area contributed by atoms with Crippen LogP contribution in [0.15, 0.2) is 28.6 Å². The van der Waals surface area contributed by atoms with Crippen LogP contribution in [0.4, 0.5) is 0 Å². The number of hydrogen-bond donors (Lipinski definition) is 2. The number of hydrogen-bond acceptors (Lipinski definition) is 6. The molecule has 1 heterocycles. The quantitative estimate of drug-likeness (QED) is 0.752. The number of thiazole rings is 1. The molecule has 0 spiro atoms. The lowest BCUT2D eigenvalue weighted by Crippen LogP contribution is -2.38. The molecule has 1 aromatic carbocycles. The fourth-order valence-electron chi connectivity index (χ4n) is 1.57. The second-order valence-electron chi connectivity index (χ2n) is 4.10. The molecule has 1 unspecified atom stereocenters. The summed E-state index contributed by atoms with van der Waals surface area (Å²) in [5.41, 5.74) is 0.913. The van der Waals surface area contributed by atoms with Gasteiger partial charge < -0.3 is 15.2 Å². The minimum Gasteiger partial charge on any atom is -0.479 e. The van der Waals surface area contributed by atoms with Crippen LogP contribution in [-0.4, -0.2) is 47.5 Å². The zero-order valence-corrected chi connectivity index (χ0v) is 12.9. The topological polar surface area (TPSA) is 88.5 Å². The molecular formula is C13H14N2O4S2. The molecule has 0 radical (unpaired) electrons. The van der Waals surface area contributed by atoms with E-state index in [1.807, 2.05) is 24.3 Å². The van der Waals surface area contributed by atoms with Crippen molar-refractivity contribution in [3.63, 3.8) is 0 Å².